The Labute approximate surface area is 204 Å². The third kappa shape index (κ3) is 5.71. The topological polar surface area (TPSA) is 96.0 Å². The Hall–Kier alpha value is -1.65. The molecule has 0 bridgehead atoms. The van der Waals surface area contributed by atoms with E-state index in [1.165, 1.54) is 4.31 Å². The summed E-state index contributed by atoms with van der Waals surface area (Å²) in [5.41, 5.74) is -0.585. The number of allylic oxidation sites excluding steroid dienone is 4. The van der Waals surface area contributed by atoms with Gasteiger partial charge in [-0.25, -0.2) is 13.2 Å². The van der Waals surface area contributed by atoms with Crippen molar-refractivity contribution < 1.29 is 22.7 Å². The summed E-state index contributed by atoms with van der Waals surface area (Å²) in [6.07, 6.45) is 9.68. The van der Waals surface area contributed by atoms with E-state index in [-0.39, 0.29) is 16.9 Å². The monoisotopic (exact) mass is 541 g/mol. The Kier molecular flexibility index (Phi) is 6.81. The Balaban J connectivity index is 1.49. The fraction of sp³-hybridized carbons (Fsp3) is 0.652. The molecule has 10 heteroatoms. The minimum atomic E-state index is -3.77. The lowest BCUT2D eigenvalue weighted by Gasteiger charge is -2.39. The summed E-state index contributed by atoms with van der Waals surface area (Å²) in [5.74, 6) is -0.616. The van der Waals surface area contributed by atoms with E-state index in [2.05, 4.69) is 21.2 Å². The average Bonchev–Trinajstić information content (AvgIpc) is 3.53. The number of alkyl carbamates (subject to hydrolysis) is 1. The Morgan fingerprint density at radius 2 is 1.85 bits per heavy atom. The predicted octanol–water partition coefficient (Wildman–Crippen LogP) is 3.48. The molecule has 2 heterocycles. The van der Waals surface area contributed by atoms with Crippen molar-refractivity contribution in [2.24, 2.45) is 17.8 Å². The Bertz CT molecular complexity index is 1000. The predicted molar refractivity (Wildman–Crippen MR) is 129 cm³/mol. The third-order valence-corrected chi connectivity index (χ3v) is 8.88. The van der Waals surface area contributed by atoms with Gasteiger partial charge in [0.2, 0.25) is 15.9 Å². The smallest absolute Gasteiger partial charge is 0.407 e. The minimum absolute atomic E-state index is 0.0429. The number of nitrogens with one attached hydrogen (secondary N) is 1. The van der Waals surface area contributed by atoms with Crippen LogP contribution in [-0.4, -0.2) is 60.9 Å². The number of hydrogen-bond donors (Lipinski definition) is 1. The molecule has 2 fully saturated rings. The Morgan fingerprint density at radius 1 is 1.18 bits per heavy atom. The van der Waals surface area contributed by atoms with Crippen molar-refractivity contribution in [1.82, 2.24) is 14.5 Å². The van der Waals surface area contributed by atoms with Crippen LogP contribution in [0.3, 0.4) is 0 Å². The van der Waals surface area contributed by atoms with Crippen LogP contribution in [0, 0.1) is 17.8 Å². The molecule has 2 aliphatic carbocycles. The van der Waals surface area contributed by atoms with Gasteiger partial charge < -0.3 is 15.0 Å². The maximum absolute atomic E-state index is 13.7. The van der Waals surface area contributed by atoms with E-state index in [0.29, 0.717) is 38.4 Å². The summed E-state index contributed by atoms with van der Waals surface area (Å²) in [4.78, 5) is 27.0. The van der Waals surface area contributed by atoms with Crippen molar-refractivity contribution in [2.75, 3.05) is 19.6 Å². The number of fused-ring (bicyclic) bond motifs is 1. The molecule has 2 unspecified atom stereocenters. The molecular weight excluding hydrogens is 510 g/mol. The van der Waals surface area contributed by atoms with Gasteiger partial charge in [0.15, 0.2) is 0 Å². The number of rotatable bonds is 5. The summed E-state index contributed by atoms with van der Waals surface area (Å²) in [7, 11) is -3.77. The van der Waals surface area contributed by atoms with Crippen LogP contribution in [0.5, 0.6) is 0 Å². The van der Waals surface area contributed by atoms with Crippen LogP contribution in [0.4, 0.5) is 4.79 Å². The zero-order valence-electron chi connectivity index (χ0n) is 19.3. The van der Waals surface area contributed by atoms with Crippen LogP contribution in [0.1, 0.15) is 46.5 Å². The van der Waals surface area contributed by atoms with Crippen LogP contribution in [-0.2, 0) is 19.6 Å². The highest BCUT2D eigenvalue weighted by Gasteiger charge is 2.45. The zero-order chi connectivity index (χ0) is 24.0. The van der Waals surface area contributed by atoms with Gasteiger partial charge in [0, 0.05) is 42.3 Å². The van der Waals surface area contributed by atoms with Gasteiger partial charge >= 0.3 is 6.09 Å². The maximum Gasteiger partial charge on any atom is 0.407 e. The number of sulfonamides is 1. The highest BCUT2D eigenvalue weighted by Crippen LogP contribution is 2.41. The van der Waals surface area contributed by atoms with E-state index >= 15 is 0 Å². The number of piperidine rings is 1. The molecular formula is C23H32BrN3O5S. The highest BCUT2D eigenvalue weighted by atomic mass is 79.9. The van der Waals surface area contributed by atoms with Gasteiger partial charge in [0.25, 0.3) is 0 Å². The molecule has 2 amide bonds. The molecule has 0 aromatic heterocycles. The summed E-state index contributed by atoms with van der Waals surface area (Å²) in [5, 5.41) is 2.84. The zero-order valence-corrected chi connectivity index (χ0v) is 21.7. The van der Waals surface area contributed by atoms with Crippen molar-refractivity contribution in [1.29, 1.82) is 0 Å². The van der Waals surface area contributed by atoms with Crippen LogP contribution in [0.2, 0.25) is 0 Å². The normalized spacial score (nSPS) is 27.0. The second kappa shape index (κ2) is 9.19. The highest BCUT2D eigenvalue weighted by molar-refractivity contribution is 9.11. The van der Waals surface area contributed by atoms with Gasteiger partial charge in [-0.1, -0.05) is 34.2 Å². The van der Waals surface area contributed by atoms with E-state index in [4.69, 9.17) is 4.74 Å². The first kappa shape index (κ1) is 24.5. The second-order valence-corrected chi connectivity index (χ2v) is 13.1. The molecule has 4 aliphatic rings. The third-order valence-electron chi connectivity index (χ3n) is 6.33. The maximum atomic E-state index is 13.7. The first-order chi connectivity index (χ1) is 15.4. The number of carbonyl (C=O) groups is 2. The SMILES string of the molecule is CC(C)(C)OC(=O)NC1CCN(S(=O)(=O)C2=CN(CC3CC3)C(=O)C3C=CC(Br)=CC23)CC1. The lowest BCUT2D eigenvalue weighted by molar-refractivity contribution is -0.133. The molecule has 0 aromatic rings. The van der Waals surface area contributed by atoms with E-state index in [1.807, 2.05) is 12.2 Å². The van der Waals surface area contributed by atoms with E-state index in [1.54, 1.807) is 37.9 Å². The van der Waals surface area contributed by atoms with Gasteiger partial charge in [-0.15, -0.1) is 0 Å². The molecule has 8 nitrogen and oxygen atoms in total. The van der Waals surface area contributed by atoms with Crippen molar-refractivity contribution in [3.63, 3.8) is 0 Å². The van der Waals surface area contributed by atoms with Crippen LogP contribution >= 0.6 is 15.9 Å². The van der Waals surface area contributed by atoms with Gasteiger partial charge in [-0.05, 0) is 52.4 Å². The van der Waals surface area contributed by atoms with Gasteiger partial charge in [-0.3, -0.25) is 4.79 Å². The van der Waals surface area contributed by atoms with Crippen molar-refractivity contribution in [2.45, 2.75) is 58.1 Å². The molecule has 0 spiro atoms. The molecule has 4 rings (SSSR count). The standard InChI is InChI=1S/C23H32BrN3O5S/c1-23(2,3)32-22(29)25-17-8-10-27(11-9-17)33(30,31)20-14-26(13-15-4-5-15)21(28)18-7-6-16(24)12-19(18)20/h6-7,12,14-15,17-19H,4-5,8-11,13H2,1-3H3,(H,25,29). The van der Waals surface area contributed by atoms with Crippen LogP contribution < -0.4 is 5.32 Å². The lowest BCUT2D eigenvalue weighted by atomic mass is 9.85. The minimum Gasteiger partial charge on any atom is -0.444 e. The van der Waals surface area contributed by atoms with Crippen molar-refractivity contribution in [3.8, 4) is 0 Å². The van der Waals surface area contributed by atoms with Crippen molar-refractivity contribution >= 4 is 38.0 Å². The summed E-state index contributed by atoms with van der Waals surface area (Å²) in [6.45, 7) is 6.58. The number of ether oxygens (including phenoxy) is 1. The van der Waals surface area contributed by atoms with Crippen LogP contribution in [0.25, 0.3) is 0 Å². The fourth-order valence-electron chi connectivity index (χ4n) is 4.46. The molecule has 0 radical (unpaired) electrons. The van der Waals surface area contributed by atoms with Crippen LogP contribution in [0.15, 0.2) is 33.8 Å². The van der Waals surface area contributed by atoms with Crippen molar-refractivity contribution in [3.05, 3.63) is 33.8 Å². The molecule has 2 atom stereocenters. The van der Waals surface area contributed by atoms with Gasteiger partial charge in [-0.2, -0.15) is 4.31 Å². The Morgan fingerprint density at radius 3 is 2.45 bits per heavy atom. The lowest BCUT2D eigenvalue weighted by Crippen LogP contribution is -2.50. The number of hydrogen-bond acceptors (Lipinski definition) is 5. The molecule has 1 N–H and O–H groups in total. The van der Waals surface area contributed by atoms with Gasteiger partial charge in [0.1, 0.15) is 5.60 Å². The fourth-order valence-corrected chi connectivity index (χ4v) is 6.71. The largest absolute Gasteiger partial charge is 0.444 e. The quantitative estimate of drug-likeness (QED) is 0.574. The summed E-state index contributed by atoms with van der Waals surface area (Å²) < 4.78 is 35.0. The molecule has 0 aromatic carbocycles. The molecule has 1 saturated heterocycles. The van der Waals surface area contributed by atoms with E-state index in [9.17, 15) is 18.0 Å². The number of halogens is 1. The number of amides is 2. The first-order valence-corrected chi connectivity index (χ1v) is 13.7. The van der Waals surface area contributed by atoms with E-state index < -0.39 is 33.6 Å². The molecule has 1 saturated carbocycles. The second-order valence-electron chi connectivity index (χ2n) is 10.3. The van der Waals surface area contributed by atoms with E-state index in [0.717, 1.165) is 17.3 Å². The molecule has 2 aliphatic heterocycles. The molecule has 33 heavy (non-hydrogen) atoms. The molecule has 182 valence electrons. The number of nitrogens with zero attached hydrogens (tertiary/aromatic N) is 2. The first-order valence-electron chi connectivity index (χ1n) is 11.5. The van der Waals surface area contributed by atoms with Gasteiger partial charge in [0.05, 0.1) is 10.8 Å². The summed E-state index contributed by atoms with van der Waals surface area (Å²) >= 11 is 3.44. The average molecular weight is 542 g/mol. The number of carbonyl (C=O) groups excluding carboxylic acids is 2. The summed E-state index contributed by atoms with van der Waals surface area (Å²) in [6, 6.07) is -0.140.